The van der Waals surface area contributed by atoms with Crippen molar-refractivity contribution in [2.75, 3.05) is 19.6 Å². The fraction of sp³-hybridized carbons (Fsp3) is 0.441. The van der Waals surface area contributed by atoms with Crippen molar-refractivity contribution >= 4 is 64.7 Å². The molecule has 12 N–H and O–H groups in total. The average molecular weight is 921 g/mol. The van der Waals surface area contributed by atoms with Crippen molar-refractivity contribution in [3.8, 4) is 0 Å². The van der Waals surface area contributed by atoms with Crippen molar-refractivity contribution in [3.63, 3.8) is 0 Å². The Morgan fingerprint density at radius 3 is 1.33 bits per heavy atom. The van der Waals surface area contributed by atoms with Gasteiger partial charge in [-0.2, -0.15) is 0 Å². The molecular formula is C34H46Cl4N14O8. The number of nitrogens with zero attached hydrogens (tertiary/aromatic N) is 3. The molecule has 26 heteroatoms. The Kier molecular flexibility index (Phi) is 20.5. The Morgan fingerprint density at radius 1 is 0.600 bits per heavy atom. The maximum Gasteiger partial charge on any atom is 0.326 e. The van der Waals surface area contributed by atoms with E-state index in [1.54, 1.807) is 16.7 Å². The summed E-state index contributed by atoms with van der Waals surface area (Å²) in [5, 5.41) is 15.3. The highest BCUT2D eigenvalue weighted by molar-refractivity contribution is 6.31. The van der Waals surface area contributed by atoms with E-state index in [-0.39, 0.29) is 33.0 Å². The lowest BCUT2D eigenvalue weighted by molar-refractivity contribution is 0.438. The Labute approximate surface area is 359 Å². The van der Waals surface area contributed by atoms with Crippen LogP contribution in [-0.2, 0) is 25.9 Å². The Hall–Kier alpha value is -5.71. The van der Waals surface area contributed by atoms with Crippen LogP contribution < -0.4 is 50.7 Å². The maximum absolute atomic E-state index is 11.2. The highest BCUT2D eigenvalue weighted by atomic mass is 35.5. The SMILES string of the molecule is CCc1[nH]c(=O)[nH]c(=O)c1Cl.CCc1cc(=O)[nH]c(=O)[nH]1.Cl.N=C1CCCN1Cc1[nH]c(=O)[nH]c(=O)c1Cl.N=C1CCCN1Cc1[nH]c(=O)[nH]c(=O)c1Cl.NC1=NCCC1. The number of H-pyrrole nitrogens is 8. The van der Waals surface area contributed by atoms with E-state index in [9.17, 15) is 38.4 Å². The van der Waals surface area contributed by atoms with E-state index in [0.29, 0.717) is 60.4 Å². The van der Waals surface area contributed by atoms with Crippen molar-refractivity contribution < 1.29 is 0 Å². The molecule has 0 saturated carbocycles. The van der Waals surface area contributed by atoms with E-state index in [0.717, 1.165) is 64.0 Å². The number of nitrogens with one attached hydrogen (secondary N) is 10. The first-order chi connectivity index (χ1) is 27.9. The van der Waals surface area contributed by atoms with Crippen LogP contribution in [0.15, 0.2) is 49.4 Å². The van der Waals surface area contributed by atoms with Crippen LogP contribution in [0.25, 0.3) is 0 Å². The molecule has 3 aliphatic heterocycles. The Morgan fingerprint density at radius 2 is 1.02 bits per heavy atom. The summed E-state index contributed by atoms with van der Waals surface area (Å²) in [7, 11) is 0. The second kappa shape index (κ2) is 24.4. The molecule has 22 nitrogen and oxygen atoms in total. The number of halogens is 4. The fourth-order valence-corrected chi connectivity index (χ4v) is 6.02. The molecule has 2 fully saturated rings. The molecule has 7 heterocycles. The highest BCUT2D eigenvalue weighted by Crippen LogP contribution is 2.16. The van der Waals surface area contributed by atoms with E-state index in [1.165, 1.54) is 6.07 Å². The predicted octanol–water partition coefficient (Wildman–Crippen LogP) is 1.04. The lowest BCUT2D eigenvalue weighted by Gasteiger charge is -2.17. The van der Waals surface area contributed by atoms with Crippen LogP contribution in [0.4, 0.5) is 0 Å². The van der Waals surface area contributed by atoms with Gasteiger partial charge >= 0.3 is 22.8 Å². The molecule has 2 saturated heterocycles. The fourth-order valence-electron chi connectivity index (χ4n) is 5.48. The second-order valence-electron chi connectivity index (χ2n) is 12.8. The van der Waals surface area contributed by atoms with Crippen molar-refractivity contribution in [3.05, 3.63) is 127 Å². The third-order valence-corrected chi connectivity index (χ3v) is 9.67. The number of likely N-dealkylation sites (tertiary alicyclic amines) is 2. The first-order valence-corrected chi connectivity index (χ1v) is 19.3. The highest BCUT2D eigenvalue weighted by Gasteiger charge is 2.20. The molecule has 0 aliphatic carbocycles. The smallest absolute Gasteiger partial charge is 0.326 e. The summed E-state index contributed by atoms with van der Waals surface area (Å²) in [4.78, 5) is 113. The van der Waals surface area contributed by atoms with Gasteiger partial charge in [-0.05, 0) is 32.1 Å². The summed E-state index contributed by atoms with van der Waals surface area (Å²) < 4.78 is 0. The van der Waals surface area contributed by atoms with Gasteiger partial charge < -0.3 is 35.5 Å². The zero-order chi connectivity index (χ0) is 43.8. The van der Waals surface area contributed by atoms with Crippen LogP contribution in [0.1, 0.15) is 75.1 Å². The molecule has 0 spiro atoms. The molecule has 4 aromatic heterocycles. The zero-order valence-corrected chi connectivity index (χ0v) is 35.6. The number of amidine groups is 3. The molecule has 0 radical (unpaired) electrons. The molecule has 0 unspecified atom stereocenters. The quantitative estimate of drug-likeness (QED) is 0.130. The molecule has 4 aromatic rings. The molecule has 0 amide bonds. The molecule has 3 aliphatic rings. The van der Waals surface area contributed by atoms with Crippen LogP contribution in [0.5, 0.6) is 0 Å². The minimum absolute atomic E-state index is 0. The molecule has 0 atom stereocenters. The van der Waals surface area contributed by atoms with Crippen LogP contribution >= 0.6 is 47.2 Å². The van der Waals surface area contributed by atoms with E-state index < -0.39 is 39.4 Å². The average Bonchev–Trinajstić information content (AvgIpc) is 3.94. The normalized spacial score (nSPS) is 14.0. The lowest BCUT2D eigenvalue weighted by atomic mass is 10.3. The van der Waals surface area contributed by atoms with Crippen molar-refractivity contribution in [2.24, 2.45) is 10.7 Å². The molecule has 7 rings (SSSR count). The van der Waals surface area contributed by atoms with Gasteiger partial charge in [0, 0.05) is 56.4 Å². The number of rotatable bonds is 6. The van der Waals surface area contributed by atoms with Gasteiger partial charge in [-0.1, -0.05) is 48.7 Å². The summed E-state index contributed by atoms with van der Waals surface area (Å²) >= 11 is 17.1. The van der Waals surface area contributed by atoms with Crippen molar-refractivity contribution in [1.82, 2.24) is 49.7 Å². The monoisotopic (exact) mass is 918 g/mol. The summed E-state index contributed by atoms with van der Waals surface area (Å²) in [5.74, 6) is 1.85. The van der Waals surface area contributed by atoms with Gasteiger partial charge in [-0.25, -0.2) is 19.2 Å². The minimum Gasteiger partial charge on any atom is -0.387 e. The first kappa shape index (κ1) is 50.4. The van der Waals surface area contributed by atoms with Gasteiger partial charge in [0.2, 0.25) is 0 Å². The number of hydrogen-bond donors (Lipinski definition) is 11. The first-order valence-electron chi connectivity index (χ1n) is 18.2. The summed E-state index contributed by atoms with van der Waals surface area (Å²) in [6.07, 6.45) is 6.67. The predicted molar refractivity (Wildman–Crippen MR) is 232 cm³/mol. The van der Waals surface area contributed by atoms with Gasteiger partial charge in [-0.15, -0.1) is 12.4 Å². The van der Waals surface area contributed by atoms with E-state index in [2.05, 4.69) is 29.9 Å². The second-order valence-corrected chi connectivity index (χ2v) is 14.0. The number of aliphatic imine (C=N–C) groups is 1. The molecule has 0 aromatic carbocycles. The van der Waals surface area contributed by atoms with Gasteiger partial charge in [0.1, 0.15) is 15.1 Å². The number of aromatic amines is 8. The molecular weight excluding hydrogens is 874 g/mol. The number of nitrogens with two attached hydrogens (primary N) is 1. The van der Waals surface area contributed by atoms with Gasteiger partial charge in [0.05, 0.1) is 42.0 Å². The van der Waals surface area contributed by atoms with Crippen LogP contribution in [0.2, 0.25) is 15.1 Å². The summed E-state index contributed by atoms with van der Waals surface area (Å²) in [6, 6.07) is 1.38. The third kappa shape index (κ3) is 15.8. The van der Waals surface area contributed by atoms with Crippen LogP contribution in [0.3, 0.4) is 0 Å². The molecule has 0 bridgehead atoms. The standard InChI is InChI=1S/2C9H11ClN4O2.C6H7ClN2O2.C6H8N2O2.C4H8N2.ClH/c2*10-7-5(12-9(16)13-8(7)15)4-14-3-1-2-6(14)11;1-2-3-4(7)5(10)9-6(11)8-3;1-2-4-3-5(9)8-6(10)7-4;5-4-2-1-3-6-4;/h2*11H,1-4H2,(H2,12,13,15,16);2H2,1H3,(H2,8,9,10,11);3H,2H2,1H3,(H2,7,8,9,10);1-3H2,(H2,5,6);1H. The lowest BCUT2D eigenvalue weighted by Crippen LogP contribution is -2.30. The van der Waals surface area contributed by atoms with Crippen molar-refractivity contribution in [1.29, 1.82) is 10.8 Å². The zero-order valence-electron chi connectivity index (χ0n) is 32.5. The van der Waals surface area contributed by atoms with Crippen LogP contribution in [-0.4, -0.2) is 86.8 Å². The van der Waals surface area contributed by atoms with Gasteiger partial charge in [0.25, 0.3) is 22.2 Å². The van der Waals surface area contributed by atoms with Gasteiger partial charge in [0.15, 0.2) is 0 Å². The van der Waals surface area contributed by atoms with Crippen LogP contribution in [0, 0.1) is 10.8 Å². The number of aryl methyl sites for hydroxylation is 2. The van der Waals surface area contributed by atoms with E-state index >= 15 is 0 Å². The molecule has 60 heavy (non-hydrogen) atoms. The largest absolute Gasteiger partial charge is 0.387 e. The Bertz CT molecular complexity index is 2500. The third-order valence-electron chi connectivity index (χ3n) is 8.47. The van der Waals surface area contributed by atoms with E-state index in [4.69, 9.17) is 51.4 Å². The topological polar surface area (TPSA) is 355 Å². The van der Waals surface area contributed by atoms with Gasteiger partial charge in [-0.3, -0.25) is 54.9 Å². The summed E-state index contributed by atoms with van der Waals surface area (Å²) in [5.41, 5.74) is 2.97. The summed E-state index contributed by atoms with van der Waals surface area (Å²) in [6.45, 7) is 6.73. The Balaban J connectivity index is 0.000000266. The minimum atomic E-state index is -0.592. The molecule has 328 valence electrons. The van der Waals surface area contributed by atoms with Crippen molar-refractivity contribution in [2.45, 2.75) is 78.3 Å². The number of aromatic nitrogens is 8. The maximum atomic E-state index is 11.2. The number of hydrogen-bond acceptors (Lipinski definition) is 12. The van der Waals surface area contributed by atoms with E-state index in [1.807, 2.05) is 21.9 Å².